The maximum Gasteiger partial charge on any atom is 0.109 e. The van der Waals surface area contributed by atoms with Crippen LogP contribution < -0.4 is 0 Å². The van der Waals surface area contributed by atoms with Gasteiger partial charge in [-0.25, -0.2) is 0 Å². The summed E-state index contributed by atoms with van der Waals surface area (Å²) in [4.78, 5) is 8.12. The molecule has 0 spiro atoms. The monoisotopic (exact) mass is 227 g/mol. The summed E-state index contributed by atoms with van der Waals surface area (Å²) in [5.41, 5.74) is 2.39. The van der Waals surface area contributed by atoms with E-state index in [0.717, 1.165) is 0 Å². The van der Waals surface area contributed by atoms with Crippen molar-refractivity contribution in [3.63, 3.8) is 0 Å². The first-order valence-electron chi connectivity index (χ1n) is 4.93. The first-order chi connectivity index (χ1) is 7.11. The summed E-state index contributed by atoms with van der Waals surface area (Å²) in [6.07, 6.45) is 4.22. The van der Waals surface area contributed by atoms with E-state index in [1.54, 1.807) is 0 Å². The van der Waals surface area contributed by atoms with Crippen LogP contribution in [0.15, 0.2) is 28.5 Å². The van der Waals surface area contributed by atoms with E-state index < -0.39 is 0 Å². The standard InChI is InChI=1S/C11H18ClN3/c1-9-11(14(3)8-13-2)6-5-10(7-12)15(9)4/h5-6,10H,2,7-8H2,1,3-4H3. The molecule has 0 N–H and O–H groups in total. The quantitative estimate of drug-likeness (QED) is 0.540. The summed E-state index contributed by atoms with van der Waals surface area (Å²) < 4.78 is 0. The lowest BCUT2D eigenvalue weighted by Gasteiger charge is -2.34. The predicted octanol–water partition coefficient (Wildman–Crippen LogP) is 1.92. The molecule has 15 heavy (non-hydrogen) atoms. The van der Waals surface area contributed by atoms with Gasteiger partial charge >= 0.3 is 0 Å². The zero-order valence-corrected chi connectivity index (χ0v) is 10.3. The second-order valence-electron chi connectivity index (χ2n) is 3.73. The Morgan fingerprint density at radius 1 is 1.67 bits per heavy atom. The van der Waals surface area contributed by atoms with E-state index in [1.165, 1.54) is 11.4 Å². The number of hydrogen-bond donors (Lipinski definition) is 0. The Kier molecular flexibility index (Phi) is 4.21. The zero-order chi connectivity index (χ0) is 11.4. The number of alkyl halides is 1. The van der Waals surface area contributed by atoms with Crippen LogP contribution in [0.5, 0.6) is 0 Å². The molecule has 1 unspecified atom stereocenters. The fraction of sp³-hybridized carbons (Fsp3) is 0.545. The van der Waals surface area contributed by atoms with Crippen molar-refractivity contribution in [2.45, 2.75) is 13.0 Å². The van der Waals surface area contributed by atoms with Gasteiger partial charge in [0.05, 0.1) is 11.7 Å². The van der Waals surface area contributed by atoms with Crippen LogP contribution in [0.25, 0.3) is 0 Å². The summed E-state index contributed by atoms with van der Waals surface area (Å²) in [5.74, 6) is 0.612. The number of halogens is 1. The second-order valence-corrected chi connectivity index (χ2v) is 4.03. The van der Waals surface area contributed by atoms with E-state index in [2.05, 4.69) is 47.6 Å². The van der Waals surface area contributed by atoms with E-state index in [4.69, 9.17) is 11.6 Å². The molecule has 1 rings (SSSR count). The molecule has 0 fully saturated rings. The molecule has 84 valence electrons. The molecule has 4 heteroatoms. The lowest BCUT2D eigenvalue weighted by atomic mass is 10.1. The highest BCUT2D eigenvalue weighted by molar-refractivity contribution is 6.18. The normalized spacial score (nSPS) is 20.8. The molecule has 0 saturated carbocycles. The van der Waals surface area contributed by atoms with Gasteiger partial charge in [0.25, 0.3) is 0 Å². The van der Waals surface area contributed by atoms with E-state index in [0.29, 0.717) is 18.6 Å². The lowest BCUT2D eigenvalue weighted by Crippen LogP contribution is -2.35. The van der Waals surface area contributed by atoms with Crippen molar-refractivity contribution in [3.05, 3.63) is 23.5 Å². The third kappa shape index (κ3) is 2.53. The van der Waals surface area contributed by atoms with Gasteiger partial charge in [0.15, 0.2) is 0 Å². The van der Waals surface area contributed by atoms with Crippen LogP contribution >= 0.6 is 11.6 Å². The van der Waals surface area contributed by atoms with Crippen molar-refractivity contribution in [3.8, 4) is 0 Å². The molecule has 1 heterocycles. The van der Waals surface area contributed by atoms with Crippen molar-refractivity contribution in [1.29, 1.82) is 0 Å². The smallest absolute Gasteiger partial charge is 0.109 e. The highest BCUT2D eigenvalue weighted by atomic mass is 35.5. The number of likely N-dealkylation sites (N-methyl/N-ethyl adjacent to an activating group) is 2. The average Bonchev–Trinajstić information content (AvgIpc) is 2.22. The molecule has 0 aromatic heterocycles. The Hall–Kier alpha value is -0.960. The van der Waals surface area contributed by atoms with E-state index in [-0.39, 0.29) is 0 Å². The average molecular weight is 228 g/mol. The number of rotatable bonds is 4. The topological polar surface area (TPSA) is 18.8 Å². The van der Waals surface area contributed by atoms with Gasteiger partial charge < -0.3 is 9.80 Å². The molecule has 0 radical (unpaired) electrons. The number of nitrogens with zero attached hydrogens (tertiary/aromatic N) is 3. The summed E-state index contributed by atoms with van der Waals surface area (Å²) in [5, 5.41) is 0. The van der Waals surface area contributed by atoms with Gasteiger partial charge in [0.2, 0.25) is 0 Å². The molecule has 0 aromatic carbocycles. The second kappa shape index (κ2) is 5.21. The Morgan fingerprint density at radius 2 is 2.33 bits per heavy atom. The maximum atomic E-state index is 5.87. The first-order valence-corrected chi connectivity index (χ1v) is 5.46. The van der Waals surface area contributed by atoms with Crippen LogP contribution in [0.4, 0.5) is 0 Å². The highest BCUT2D eigenvalue weighted by Gasteiger charge is 2.19. The molecule has 0 bridgehead atoms. The third-order valence-corrected chi connectivity index (χ3v) is 3.07. The number of hydrogen-bond acceptors (Lipinski definition) is 3. The lowest BCUT2D eigenvalue weighted by molar-refractivity contribution is 0.336. The van der Waals surface area contributed by atoms with Gasteiger partial charge in [-0.15, -0.1) is 11.6 Å². The van der Waals surface area contributed by atoms with Gasteiger partial charge in [-0.1, -0.05) is 6.08 Å². The summed E-state index contributed by atoms with van der Waals surface area (Å²) in [6.45, 7) is 6.20. The van der Waals surface area contributed by atoms with Crippen molar-refractivity contribution in [2.75, 3.05) is 26.6 Å². The van der Waals surface area contributed by atoms with E-state index >= 15 is 0 Å². The molecule has 3 nitrogen and oxygen atoms in total. The summed E-state index contributed by atoms with van der Waals surface area (Å²) in [6, 6.07) is 0.292. The van der Waals surface area contributed by atoms with Crippen LogP contribution in [0, 0.1) is 0 Å². The van der Waals surface area contributed by atoms with Crippen molar-refractivity contribution in [2.24, 2.45) is 4.99 Å². The van der Waals surface area contributed by atoms with Crippen molar-refractivity contribution in [1.82, 2.24) is 9.80 Å². The SMILES string of the molecule is C=NCN(C)C1=C(C)N(C)C(CCl)C=C1. The largest absolute Gasteiger partial charge is 0.369 e. The minimum atomic E-state index is 0.292. The van der Waals surface area contributed by atoms with Crippen molar-refractivity contribution < 1.29 is 0 Å². The van der Waals surface area contributed by atoms with Crippen LogP contribution in [-0.2, 0) is 0 Å². The number of aliphatic imine (C=N–C) groups is 1. The van der Waals surface area contributed by atoms with Crippen LogP contribution in [-0.4, -0.2) is 49.2 Å². The third-order valence-electron chi connectivity index (χ3n) is 2.75. The van der Waals surface area contributed by atoms with Crippen LogP contribution in [0.3, 0.4) is 0 Å². The molecule has 0 aromatic rings. The predicted molar refractivity (Wildman–Crippen MR) is 66.3 cm³/mol. The molecule has 0 aliphatic carbocycles. The molecule has 1 aliphatic rings. The summed E-state index contributed by atoms with van der Waals surface area (Å²) >= 11 is 5.87. The fourth-order valence-corrected chi connectivity index (χ4v) is 1.98. The number of allylic oxidation sites excluding steroid dienone is 2. The van der Waals surface area contributed by atoms with Crippen LogP contribution in [0.2, 0.25) is 0 Å². The zero-order valence-electron chi connectivity index (χ0n) is 9.57. The molecule has 0 amide bonds. The minimum absolute atomic E-state index is 0.292. The van der Waals surface area contributed by atoms with Crippen LogP contribution in [0.1, 0.15) is 6.92 Å². The minimum Gasteiger partial charge on any atom is -0.369 e. The Balaban J connectivity index is 2.86. The molecule has 1 atom stereocenters. The fourth-order valence-electron chi connectivity index (χ4n) is 1.67. The highest BCUT2D eigenvalue weighted by Crippen LogP contribution is 2.22. The van der Waals surface area contributed by atoms with E-state index in [9.17, 15) is 0 Å². The first kappa shape index (κ1) is 12.1. The van der Waals surface area contributed by atoms with Crippen molar-refractivity contribution >= 4 is 18.3 Å². The van der Waals surface area contributed by atoms with Gasteiger partial charge in [-0.05, 0) is 19.7 Å². The Labute approximate surface area is 96.7 Å². The molecule has 1 aliphatic heterocycles. The van der Waals surface area contributed by atoms with Gasteiger partial charge in [0.1, 0.15) is 6.67 Å². The Morgan fingerprint density at radius 3 is 2.87 bits per heavy atom. The summed E-state index contributed by atoms with van der Waals surface area (Å²) in [7, 11) is 4.06. The van der Waals surface area contributed by atoms with E-state index in [1.807, 2.05) is 7.05 Å². The molecule has 0 saturated heterocycles. The van der Waals surface area contributed by atoms with Gasteiger partial charge in [-0.2, -0.15) is 0 Å². The Bertz CT molecular complexity index is 296. The van der Waals surface area contributed by atoms with Gasteiger partial charge in [0, 0.05) is 25.7 Å². The molecular weight excluding hydrogens is 210 g/mol. The molecular formula is C11H18ClN3. The maximum absolute atomic E-state index is 5.87. The van der Waals surface area contributed by atoms with Gasteiger partial charge in [-0.3, -0.25) is 4.99 Å².